The number of pyridine rings is 1. The lowest BCUT2D eigenvalue weighted by atomic mass is 10.0. The molecule has 0 aliphatic rings. The minimum atomic E-state index is -4.67. The van der Waals surface area contributed by atoms with E-state index in [4.69, 9.17) is 9.47 Å². The summed E-state index contributed by atoms with van der Waals surface area (Å²) in [5.41, 5.74) is -0.162. The van der Waals surface area contributed by atoms with Crippen molar-refractivity contribution in [1.29, 1.82) is 0 Å². The van der Waals surface area contributed by atoms with Gasteiger partial charge in [-0.15, -0.1) is 0 Å². The van der Waals surface area contributed by atoms with Gasteiger partial charge in [0.2, 0.25) is 0 Å². The van der Waals surface area contributed by atoms with E-state index in [9.17, 15) is 23.3 Å². The van der Waals surface area contributed by atoms with Crippen LogP contribution in [0.15, 0.2) is 48.5 Å². The number of nitro groups is 1. The summed E-state index contributed by atoms with van der Waals surface area (Å²) in [7, 11) is 2.88. The topological polar surface area (TPSA) is 92.3 Å². The lowest BCUT2D eigenvalue weighted by molar-refractivity contribution is -0.384. The Labute approximate surface area is 185 Å². The number of nitrogens with zero attached hydrogens (tertiary/aromatic N) is 4. The van der Waals surface area contributed by atoms with Crippen LogP contribution in [0.1, 0.15) is 11.3 Å². The number of ether oxygens (including phenoxy) is 2. The van der Waals surface area contributed by atoms with E-state index in [2.05, 4.69) is 10.1 Å². The predicted octanol–water partition coefficient (Wildman–Crippen LogP) is 5.34. The van der Waals surface area contributed by atoms with Gasteiger partial charge in [-0.3, -0.25) is 10.1 Å². The van der Waals surface area contributed by atoms with Gasteiger partial charge in [-0.05, 0) is 43.3 Å². The number of rotatable bonds is 5. The second-order valence-corrected chi connectivity index (χ2v) is 7.09. The summed E-state index contributed by atoms with van der Waals surface area (Å²) in [6, 6.07) is 11.0. The molecule has 0 unspecified atom stereocenters. The van der Waals surface area contributed by atoms with Crippen LogP contribution in [0, 0.1) is 17.0 Å². The molecule has 0 N–H and O–H groups in total. The molecule has 0 atom stereocenters. The number of alkyl halides is 3. The zero-order chi connectivity index (χ0) is 23.9. The predicted molar refractivity (Wildman–Crippen MR) is 114 cm³/mol. The van der Waals surface area contributed by atoms with Gasteiger partial charge in [-0.25, -0.2) is 9.67 Å². The second-order valence-electron chi connectivity index (χ2n) is 7.09. The van der Waals surface area contributed by atoms with E-state index < -0.39 is 16.7 Å². The van der Waals surface area contributed by atoms with Crippen molar-refractivity contribution in [3.8, 4) is 28.4 Å². The van der Waals surface area contributed by atoms with Gasteiger partial charge in [0.1, 0.15) is 0 Å². The Hall–Kier alpha value is -4.15. The fraction of sp³-hybridized carbons (Fsp3) is 0.182. The summed E-state index contributed by atoms with van der Waals surface area (Å²) in [5.74, 6) is 0.760. The van der Waals surface area contributed by atoms with Crippen LogP contribution < -0.4 is 9.47 Å². The van der Waals surface area contributed by atoms with Crippen molar-refractivity contribution in [2.75, 3.05) is 14.2 Å². The van der Waals surface area contributed by atoms with Gasteiger partial charge in [-0.1, -0.05) is 0 Å². The standard InChI is InChI=1S/C22H17F3N4O4/c1-12-20-16(22(23,24)25)11-17(13-4-9-18(32-2)19(10-13)33-3)26-21(20)28(27-12)14-5-7-15(8-6-14)29(30)31/h4-11H,1-3H3. The zero-order valence-corrected chi connectivity index (χ0v) is 17.7. The highest BCUT2D eigenvalue weighted by Gasteiger charge is 2.36. The molecule has 0 spiro atoms. The molecule has 0 amide bonds. The first-order valence-electron chi connectivity index (χ1n) is 9.59. The molecule has 0 saturated carbocycles. The Morgan fingerprint density at radius 3 is 2.24 bits per heavy atom. The smallest absolute Gasteiger partial charge is 0.417 e. The van der Waals surface area contributed by atoms with Crippen LogP contribution in [0.2, 0.25) is 0 Å². The molecule has 4 aromatic rings. The molecule has 11 heteroatoms. The first kappa shape index (κ1) is 22.1. The highest BCUT2D eigenvalue weighted by atomic mass is 19.4. The van der Waals surface area contributed by atoms with Crippen LogP contribution >= 0.6 is 0 Å². The van der Waals surface area contributed by atoms with Crippen LogP contribution in [0.25, 0.3) is 28.0 Å². The Bertz CT molecular complexity index is 1370. The lowest BCUT2D eigenvalue weighted by Crippen LogP contribution is -2.08. The van der Waals surface area contributed by atoms with Crippen molar-refractivity contribution < 1.29 is 27.6 Å². The van der Waals surface area contributed by atoms with Crippen molar-refractivity contribution in [3.63, 3.8) is 0 Å². The van der Waals surface area contributed by atoms with Crippen LogP contribution in [0.5, 0.6) is 11.5 Å². The van der Waals surface area contributed by atoms with Gasteiger partial charge in [0.15, 0.2) is 17.1 Å². The third-order valence-electron chi connectivity index (χ3n) is 5.10. The first-order valence-corrected chi connectivity index (χ1v) is 9.59. The van der Waals surface area contributed by atoms with E-state index >= 15 is 0 Å². The Balaban J connectivity index is 1.99. The van der Waals surface area contributed by atoms with E-state index in [1.807, 2.05) is 0 Å². The third-order valence-corrected chi connectivity index (χ3v) is 5.10. The van der Waals surface area contributed by atoms with Crippen molar-refractivity contribution in [2.45, 2.75) is 13.1 Å². The van der Waals surface area contributed by atoms with Gasteiger partial charge in [-0.2, -0.15) is 18.3 Å². The number of non-ortho nitro benzene ring substituents is 1. The zero-order valence-electron chi connectivity index (χ0n) is 17.7. The van der Waals surface area contributed by atoms with Gasteiger partial charge >= 0.3 is 6.18 Å². The maximum absolute atomic E-state index is 14.0. The number of hydrogen-bond donors (Lipinski definition) is 0. The molecule has 8 nitrogen and oxygen atoms in total. The molecule has 0 aliphatic carbocycles. The quantitative estimate of drug-likeness (QED) is 0.296. The highest BCUT2D eigenvalue weighted by molar-refractivity contribution is 5.87. The largest absolute Gasteiger partial charge is 0.493 e. The van der Waals surface area contributed by atoms with Crippen molar-refractivity contribution >= 4 is 16.7 Å². The van der Waals surface area contributed by atoms with Crippen LogP contribution in [0.3, 0.4) is 0 Å². The van der Waals surface area contributed by atoms with E-state index in [1.54, 1.807) is 12.1 Å². The number of aromatic nitrogens is 3. The SMILES string of the molecule is COc1ccc(-c2cc(C(F)(F)F)c3c(C)nn(-c4ccc([N+](=O)[O-])cc4)c3n2)cc1OC. The molecular formula is C22H17F3N4O4. The monoisotopic (exact) mass is 458 g/mol. The molecule has 33 heavy (non-hydrogen) atoms. The molecule has 170 valence electrons. The molecule has 0 bridgehead atoms. The summed E-state index contributed by atoms with van der Waals surface area (Å²) >= 11 is 0. The number of methoxy groups -OCH3 is 2. The second kappa shape index (κ2) is 8.08. The molecular weight excluding hydrogens is 441 g/mol. The van der Waals surface area contributed by atoms with Crippen molar-refractivity contribution in [3.05, 3.63) is 69.9 Å². The number of nitro benzene ring substituents is 1. The summed E-state index contributed by atoms with van der Waals surface area (Å²) in [6.07, 6.45) is -4.67. The number of aryl methyl sites for hydroxylation is 1. The fourth-order valence-electron chi connectivity index (χ4n) is 3.55. The Morgan fingerprint density at radius 1 is 1.00 bits per heavy atom. The molecule has 4 rings (SSSR count). The summed E-state index contributed by atoms with van der Waals surface area (Å²) in [5, 5.41) is 15.0. The number of halogens is 3. The summed E-state index contributed by atoms with van der Waals surface area (Å²) in [6.45, 7) is 1.46. The molecule has 2 aromatic heterocycles. The minimum absolute atomic E-state index is 0.0269. The normalized spacial score (nSPS) is 11.6. The lowest BCUT2D eigenvalue weighted by Gasteiger charge is -2.13. The Kier molecular flexibility index (Phi) is 5.40. The number of fused-ring (bicyclic) bond motifs is 1. The minimum Gasteiger partial charge on any atom is -0.493 e. The number of benzene rings is 2. The molecule has 0 saturated heterocycles. The number of hydrogen-bond acceptors (Lipinski definition) is 6. The highest BCUT2D eigenvalue weighted by Crippen LogP contribution is 2.40. The maximum atomic E-state index is 14.0. The van der Waals surface area contributed by atoms with Crippen LogP contribution in [0.4, 0.5) is 18.9 Å². The fourth-order valence-corrected chi connectivity index (χ4v) is 3.55. The summed E-state index contributed by atoms with van der Waals surface area (Å²) in [4.78, 5) is 14.9. The first-order chi connectivity index (χ1) is 15.6. The van der Waals surface area contributed by atoms with E-state index in [0.29, 0.717) is 22.7 Å². The van der Waals surface area contributed by atoms with E-state index in [1.165, 1.54) is 56.2 Å². The van der Waals surface area contributed by atoms with E-state index in [-0.39, 0.29) is 28.1 Å². The maximum Gasteiger partial charge on any atom is 0.417 e. The summed E-state index contributed by atoms with van der Waals surface area (Å²) < 4.78 is 53.8. The van der Waals surface area contributed by atoms with Gasteiger partial charge < -0.3 is 9.47 Å². The van der Waals surface area contributed by atoms with E-state index in [0.717, 1.165) is 6.07 Å². The van der Waals surface area contributed by atoms with Gasteiger partial charge in [0.25, 0.3) is 5.69 Å². The average Bonchev–Trinajstić information content (AvgIpc) is 3.13. The van der Waals surface area contributed by atoms with Gasteiger partial charge in [0, 0.05) is 17.7 Å². The Morgan fingerprint density at radius 2 is 1.67 bits per heavy atom. The molecule has 2 aromatic carbocycles. The van der Waals surface area contributed by atoms with Crippen molar-refractivity contribution in [2.24, 2.45) is 0 Å². The molecule has 2 heterocycles. The van der Waals surface area contributed by atoms with Crippen molar-refractivity contribution in [1.82, 2.24) is 14.8 Å². The molecule has 0 fully saturated rings. The van der Waals surface area contributed by atoms with Crippen LogP contribution in [-0.2, 0) is 6.18 Å². The van der Waals surface area contributed by atoms with Gasteiger partial charge in [0.05, 0.1) is 47.2 Å². The molecule has 0 aliphatic heterocycles. The van der Waals surface area contributed by atoms with Crippen LogP contribution in [-0.4, -0.2) is 33.9 Å². The third kappa shape index (κ3) is 3.93. The average molecular weight is 458 g/mol. The molecule has 0 radical (unpaired) electrons.